The van der Waals surface area contributed by atoms with E-state index in [0.717, 1.165) is 0 Å². The Morgan fingerprint density at radius 3 is 2.08 bits per heavy atom. The highest BCUT2D eigenvalue weighted by Gasteiger charge is 2.24. The van der Waals surface area contributed by atoms with Crippen LogP contribution in [0.2, 0.25) is 0 Å². The minimum Gasteiger partial charge on any atom is -0.507 e. The third kappa shape index (κ3) is 1.71. The van der Waals surface area contributed by atoms with Gasteiger partial charge in [-0.05, 0) is 0 Å². The molecule has 1 heterocycles. The summed E-state index contributed by atoms with van der Waals surface area (Å²) in [6.07, 6.45) is 0. The Morgan fingerprint density at radius 1 is 1.17 bits per heavy atom. The molecule has 3 nitrogen and oxygen atoms in total. The predicted molar refractivity (Wildman–Crippen MR) is 35.0 cm³/mol. The van der Waals surface area contributed by atoms with Gasteiger partial charge in [0.2, 0.25) is 16.1 Å². The van der Waals surface area contributed by atoms with Crippen molar-refractivity contribution >= 4 is 18.7 Å². The molecular weight excluding hydrogens is 196 g/mol. The Labute approximate surface area is 69.2 Å². The summed E-state index contributed by atoms with van der Waals surface area (Å²) in [6, 6.07) is 0. The van der Waals surface area contributed by atoms with Gasteiger partial charge in [-0.15, -0.1) is 0 Å². The van der Waals surface area contributed by atoms with Crippen molar-refractivity contribution in [1.29, 1.82) is 0 Å². The number of hydrogen-bond donors (Lipinski definition) is 2. The monoisotopic (exact) mass is 198 g/mol. The quantitative estimate of drug-likeness (QED) is 0.680. The molecule has 0 aliphatic rings. The average molecular weight is 198 g/mol. The van der Waals surface area contributed by atoms with Crippen molar-refractivity contribution in [2.24, 2.45) is 0 Å². The lowest BCUT2D eigenvalue weighted by molar-refractivity contribution is 0.275. The largest absolute Gasteiger partial charge is 0.707 e. The number of thiophene rings is 1. The third-order valence-electron chi connectivity index (χ3n) is 0.953. The number of halogens is 3. The van der Waals surface area contributed by atoms with Crippen LogP contribution in [-0.4, -0.2) is 17.4 Å². The fourth-order valence-electron chi connectivity index (χ4n) is 0.549. The highest BCUT2D eigenvalue weighted by Crippen LogP contribution is 2.30. The summed E-state index contributed by atoms with van der Waals surface area (Å²) in [6.45, 7) is 0. The first-order valence-corrected chi connectivity index (χ1v) is 3.50. The van der Waals surface area contributed by atoms with E-state index in [-0.39, 0.29) is 11.3 Å². The highest BCUT2D eigenvalue weighted by molar-refractivity contribution is 7.08. The van der Waals surface area contributed by atoms with Crippen LogP contribution in [0.15, 0.2) is 0 Å². The van der Waals surface area contributed by atoms with Crippen molar-refractivity contribution in [2.45, 2.75) is 0 Å². The van der Waals surface area contributed by atoms with E-state index in [2.05, 4.69) is 4.65 Å². The van der Waals surface area contributed by atoms with Crippen LogP contribution in [0.3, 0.4) is 0 Å². The van der Waals surface area contributed by atoms with Crippen LogP contribution in [-0.2, 0) is 0 Å². The van der Waals surface area contributed by atoms with E-state index in [0.29, 0.717) is 0 Å². The Bertz CT molecular complexity index is 289. The van der Waals surface area contributed by atoms with Crippen molar-refractivity contribution in [1.82, 2.24) is 0 Å². The molecule has 8 heteroatoms. The molecule has 0 saturated heterocycles. The molecular formula is C4H2BF3O3S. The summed E-state index contributed by atoms with van der Waals surface area (Å²) >= 11 is -0.118. The minimum atomic E-state index is -2.37. The van der Waals surface area contributed by atoms with Gasteiger partial charge in [0.25, 0.3) is 0 Å². The predicted octanol–water partition coefficient (Wildman–Crippen LogP) is 0.514. The van der Waals surface area contributed by atoms with E-state index in [4.69, 9.17) is 10.0 Å². The van der Waals surface area contributed by atoms with E-state index in [1.54, 1.807) is 0 Å². The van der Waals surface area contributed by atoms with Gasteiger partial charge in [-0.2, -0.15) is 13.2 Å². The fourth-order valence-corrected chi connectivity index (χ4v) is 1.12. The summed E-state index contributed by atoms with van der Waals surface area (Å²) in [5.74, 6) is -2.68. The Balaban J connectivity index is 2.97. The Morgan fingerprint density at radius 2 is 1.75 bits per heavy atom. The van der Waals surface area contributed by atoms with Gasteiger partial charge in [0.15, 0.2) is 5.75 Å². The van der Waals surface area contributed by atoms with Crippen LogP contribution in [0.5, 0.6) is 5.75 Å². The number of hydrogen-bond acceptors (Lipinski definition) is 4. The molecule has 0 amide bonds. The topological polar surface area (TPSA) is 49.7 Å². The van der Waals surface area contributed by atoms with Crippen LogP contribution in [0.4, 0.5) is 13.2 Å². The van der Waals surface area contributed by atoms with Gasteiger partial charge in [-0.25, -0.2) is 0 Å². The lowest BCUT2D eigenvalue weighted by Gasteiger charge is -2.00. The van der Waals surface area contributed by atoms with Gasteiger partial charge >= 0.3 is 7.32 Å². The zero-order valence-corrected chi connectivity index (χ0v) is 6.24. The summed E-state index contributed by atoms with van der Waals surface area (Å²) < 4.78 is 40.9. The molecule has 2 N–H and O–H groups in total. The van der Waals surface area contributed by atoms with Crippen LogP contribution < -0.4 is 4.65 Å². The smallest absolute Gasteiger partial charge is 0.507 e. The normalized spacial score (nSPS) is 10.1. The van der Waals surface area contributed by atoms with E-state index in [1.807, 2.05) is 0 Å². The molecule has 12 heavy (non-hydrogen) atoms. The van der Waals surface area contributed by atoms with Crippen molar-refractivity contribution in [3.05, 3.63) is 16.1 Å². The highest BCUT2D eigenvalue weighted by atomic mass is 32.1. The van der Waals surface area contributed by atoms with Crippen molar-refractivity contribution in [2.75, 3.05) is 0 Å². The Kier molecular flexibility index (Phi) is 2.60. The molecule has 0 spiro atoms. The van der Waals surface area contributed by atoms with Crippen molar-refractivity contribution in [3.63, 3.8) is 0 Å². The van der Waals surface area contributed by atoms with Gasteiger partial charge in [-0.1, -0.05) is 11.3 Å². The molecule has 1 rings (SSSR count). The molecule has 0 aliphatic heterocycles. The average Bonchev–Trinajstić information content (AvgIpc) is 2.16. The molecule has 1 aromatic rings. The van der Waals surface area contributed by atoms with Crippen LogP contribution in [0.25, 0.3) is 0 Å². The minimum absolute atomic E-state index is 0.118. The standard InChI is InChI=1S/C4H2BF3O3S/c6-1-2(11-5(9)10)4(8)12-3(1)7/h9-10H. The van der Waals surface area contributed by atoms with E-state index in [9.17, 15) is 13.2 Å². The first-order valence-electron chi connectivity index (χ1n) is 2.68. The first-order chi connectivity index (χ1) is 5.52. The molecule has 66 valence electrons. The molecule has 0 saturated carbocycles. The third-order valence-corrected chi connectivity index (χ3v) is 1.68. The SMILES string of the molecule is OB(O)Oc1c(F)sc(F)c1F. The van der Waals surface area contributed by atoms with Crippen molar-refractivity contribution in [3.8, 4) is 5.75 Å². The van der Waals surface area contributed by atoms with Gasteiger partial charge in [0, 0.05) is 0 Å². The molecule has 0 fully saturated rings. The molecule has 1 aromatic heterocycles. The zero-order chi connectivity index (χ0) is 9.30. The lowest BCUT2D eigenvalue weighted by Crippen LogP contribution is -2.21. The van der Waals surface area contributed by atoms with E-state index in [1.165, 1.54) is 0 Å². The molecule has 0 aliphatic carbocycles. The lowest BCUT2D eigenvalue weighted by atomic mass is 10.2. The summed E-state index contributed by atoms with van der Waals surface area (Å²) in [5.41, 5.74) is 0. The second kappa shape index (κ2) is 3.34. The molecule has 0 bridgehead atoms. The van der Waals surface area contributed by atoms with E-state index < -0.39 is 29.1 Å². The summed E-state index contributed by atoms with van der Waals surface area (Å²) in [5, 5.41) is 13.6. The fraction of sp³-hybridized carbons (Fsp3) is 0. The summed E-state index contributed by atoms with van der Waals surface area (Å²) in [7, 11) is -2.37. The van der Waals surface area contributed by atoms with Crippen LogP contribution in [0, 0.1) is 16.1 Å². The molecule has 0 unspecified atom stereocenters. The maximum absolute atomic E-state index is 12.4. The van der Waals surface area contributed by atoms with Gasteiger partial charge < -0.3 is 14.7 Å². The second-order valence-electron chi connectivity index (χ2n) is 1.74. The van der Waals surface area contributed by atoms with Gasteiger partial charge in [0.05, 0.1) is 0 Å². The maximum Gasteiger partial charge on any atom is 0.707 e. The Hall–Kier alpha value is -0.725. The zero-order valence-electron chi connectivity index (χ0n) is 5.42. The summed E-state index contributed by atoms with van der Waals surface area (Å²) in [4.78, 5) is 0. The molecule has 0 radical (unpaired) electrons. The first kappa shape index (κ1) is 9.36. The maximum atomic E-state index is 12.4. The molecule has 0 atom stereocenters. The van der Waals surface area contributed by atoms with E-state index >= 15 is 0 Å². The second-order valence-corrected chi connectivity index (χ2v) is 2.66. The van der Waals surface area contributed by atoms with Gasteiger partial charge in [0.1, 0.15) is 0 Å². The van der Waals surface area contributed by atoms with Crippen LogP contribution in [0.1, 0.15) is 0 Å². The number of rotatable bonds is 2. The van der Waals surface area contributed by atoms with Crippen LogP contribution >= 0.6 is 11.3 Å². The van der Waals surface area contributed by atoms with Gasteiger partial charge in [-0.3, -0.25) is 0 Å². The van der Waals surface area contributed by atoms with Crippen molar-refractivity contribution < 1.29 is 27.9 Å². The molecule has 0 aromatic carbocycles.